The number of H-pyrrole nitrogens is 1. The first-order valence-electron chi connectivity index (χ1n) is 5.94. The first-order valence-corrected chi connectivity index (χ1v) is 5.94. The molecule has 1 saturated heterocycles. The molecule has 8 nitrogen and oxygen atoms in total. The van der Waals surface area contributed by atoms with E-state index in [1.54, 1.807) is 6.20 Å². The van der Waals surface area contributed by atoms with E-state index in [-0.39, 0.29) is 6.61 Å². The summed E-state index contributed by atoms with van der Waals surface area (Å²) >= 11 is 0. The van der Waals surface area contributed by atoms with Crippen LogP contribution in [-0.4, -0.2) is 55.1 Å². The zero-order valence-corrected chi connectivity index (χ0v) is 9.98. The fraction of sp³-hybridized carbons (Fsp3) is 0.455. The van der Waals surface area contributed by atoms with Crippen LogP contribution in [0.4, 0.5) is 5.82 Å². The summed E-state index contributed by atoms with van der Waals surface area (Å²) in [5.41, 5.74) is 7.60. The van der Waals surface area contributed by atoms with E-state index >= 15 is 0 Å². The molecule has 3 rings (SSSR count). The van der Waals surface area contributed by atoms with Crippen molar-refractivity contribution in [1.29, 1.82) is 0 Å². The summed E-state index contributed by atoms with van der Waals surface area (Å²) in [6, 6.07) is -1.08. The maximum Gasteiger partial charge on any atom is 0.151 e. The minimum Gasteiger partial charge on any atom is -0.395 e. The highest BCUT2D eigenvalue weighted by atomic mass is 16.3. The highest BCUT2D eigenvalue weighted by molar-refractivity contribution is 5.87. The molecule has 0 bridgehead atoms. The first kappa shape index (κ1) is 12.3. The van der Waals surface area contributed by atoms with E-state index in [1.165, 1.54) is 6.33 Å². The quantitative estimate of drug-likeness (QED) is 0.379. The second-order valence-electron chi connectivity index (χ2n) is 4.64. The van der Waals surface area contributed by atoms with Gasteiger partial charge in [-0.2, -0.15) is 0 Å². The van der Waals surface area contributed by atoms with Crippen LogP contribution in [0.1, 0.15) is 11.6 Å². The normalized spacial score (nSPS) is 31.1. The molecule has 102 valence electrons. The minimum atomic E-state index is -1.03. The number of nitrogen functional groups attached to an aromatic ring is 1. The maximum atomic E-state index is 10.0. The Labute approximate surface area is 108 Å². The molecule has 1 fully saturated rings. The number of nitrogens with zero attached hydrogens (tertiary/aromatic N) is 2. The Morgan fingerprint density at radius 1 is 1.26 bits per heavy atom. The monoisotopic (exact) mass is 265 g/mol. The molecule has 0 radical (unpaired) electrons. The summed E-state index contributed by atoms with van der Waals surface area (Å²) in [4.78, 5) is 11.0. The summed E-state index contributed by atoms with van der Waals surface area (Å²) < 4.78 is 0. The topological polar surface area (TPSA) is 140 Å². The lowest BCUT2D eigenvalue weighted by Crippen LogP contribution is -2.35. The van der Waals surface area contributed by atoms with Gasteiger partial charge in [0.25, 0.3) is 0 Å². The highest BCUT2D eigenvalue weighted by Crippen LogP contribution is 2.32. The van der Waals surface area contributed by atoms with Crippen LogP contribution in [0.2, 0.25) is 0 Å². The Balaban J connectivity index is 2.04. The lowest BCUT2D eigenvalue weighted by Gasteiger charge is -2.14. The van der Waals surface area contributed by atoms with E-state index in [1.807, 2.05) is 0 Å². The third-order valence-electron chi connectivity index (χ3n) is 3.55. The summed E-state index contributed by atoms with van der Waals surface area (Å²) in [6.45, 7) is -0.256. The number of fused-ring (bicyclic) bond motifs is 1. The lowest BCUT2D eigenvalue weighted by atomic mass is 10.0. The Bertz CT molecular complexity index is 601. The Morgan fingerprint density at radius 2 is 2.05 bits per heavy atom. The van der Waals surface area contributed by atoms with Crippen molar-refractivity contribution >= 4 is 16.9 Å². The third-order valence-corrected chi connectivity index (χ3v) is 3.55. The fourth-order valence-corrected chi connectivity index (χ4v) is 2.51. The molecule has 1 aliphatic rings. The number of anilines is 1. The van der Waals surface area contributed by atoms with Crippen LogP contribution in [0.5, 0.6) is 0 Å². The molecule has 0 saturated carbocycles. The number of hydrogen-bond donors (Lipinski definition) is 6. The number of nitrogens with one attached hydrogen (secondary N) is 2. The van der Waals surface area contributed by atoms with Gasteiger partial charge in [0.05, 0.1) is 30.3 Å². The highest BCUT2D eigenvalue weighted by Gasteiger charge is 2.42. The largest absolute Gasteiger partial charge is 0.395 e. The van der Waals surface area contributed by atoms with E-state index in [0.29, 0.717) is 22.4 Å². The molecule has 2 aromatic rings. The third kappa shape index (κ3) is 1.77. The van der Waals surface area contributed by atoms with Crippen molar-refractivity contribution in [3.63, 3.8) is 0 Å². The number of nitrogens with two attached hydrogens (primary N) is 1. The molecule has 7 N–H and O–H groups in total. The van der Waals surface area contributed by atoms with Gasteiger partial charge in [0.15, 0.2) is 5.82 Å². The van der Waals surface area contributed by atoms with Gasteiger partial charge in [-0.15, -0.1) is 0 Å². The smallest absolute Gasteiger partial charge is 0.151 e. The van der Waals surface area contributed by atoms with E-state index < -0.39 is 24.3 Å². The van der Waals surface area contributed by atoms with Gasteiger partial charge in [-0.1, -0.05) is 0 Å². The van der Waals surface area contributed by atoms with E-state index in [2.05, 4.69) is 20.3 Å². The van der Waals surface area contributed by atoms with Crippen LogP contribution in [0.3, 0.4) is 0 Å². The van der Waals surface area contributed by atoms with Gasteiger partial charge in [-0.05, 0) is 0 Å². The molecule has 0 aromatic carbocycles. The van der Waals surface area contributed by atoms with Gasteiger partial charge in [-0.25, -0.2) is 9.97 Å². The van der Waals surface area contributed by atoms with E-state index in [9.17, 15) is 10.2 Å². The first-order chi connectivity index (χ1) is 9.13. The number of aliphatic hydroxyl groups is 3. The number of hydrogen-bond acceptors (Lipinski definition) is 7. The van der Waals surface area contributed by atoms with Crippen LogP contribution in [-0.2, 0) is 0 Å². The van der Waals surface area contributed by atoms with Crippen molar-refractivity contribution in [3.05, 3.63) is 18.1 Å². The predicted octanol–water partition coefficient (Wildman–Crippen LogP) is -1.73. The van der Waals surface area contributed by atoms with Crippen molar-refractivity contribution in [2.45, 2.75) is 24.3 Å². The standard InChI is InChI=1S/C11H15N5O3/c12-11-8-6(14-3-15-11)4(1-13-8)7-10(19)9(18)5(2-17)16-7/h1,3,5,7,9-10,13,16-19H,2H2,(H2,12,14,15)/t5-,7+,9+,10+/m1/s1. The average molecular weight is 265 g/mol. The van der Waals surface area contributed by atoms with Crippen molar-refractivity contribution in [1.82, 2.24) is 20.3 Å². The number of aliphatic hydroxyl groups excluding tert-OH is 3. The van der Waals surface area contributed by atoms with E-state index in [0.717, 1.165) is 0 Å². The molecule has 8 heteroatoms. The lowest BCUT2D eigenvalue weighted by molar-refractivity contribution is 0.0196. The van der Waals surface area contributed by atoms with Crippen LogP contribution in [0.15, 0.2) is 12.5 Å². The molecule has 19 heavy (non-hydrogen) atoms. The van der Waals surface area contributed by atoms with Gasteiger partial charge < -0.3 is 31.4 Å². The van der Waals surface area contributed by atoms with Crippen molar-refractivity contribution in [2.24, 2.45) is 0 Å². The second-order valence-corrected chi connectivity index (χ2v) is 4.64. The minimum absolute atomic E-state index is 0.256. The molecule has 0 amide bonds. The van der Waals surface area contributed by atoms with Gasteiger partial charge in [0.1, 0.15) is 17.9 Å². The maximum absolute atomic E-state index is 10.0. The second kappa shape index (κ2) is 4.42. The summed E-state index contributed by atoms with van der Waals surface area (Å²) in [5, 5.41) is 32.0. The average Bonchev–Trinajstić information content (AvgIpc) is 2.94. The molecule has 1 aliphatic heterocycles. The Hall–Kier alpha value is -1.74. The van der Waals surface area contributed by atoms with Crippen molar-refractivity contribution in [3.8, 4) is 0 Å². The zero-order chi connectivity index (χ0) is 13.6. The molecule has 0 spiro atoms. The number of aromatic nitrogens is 3. The molecular formula is C11H15N5O3. The fourth-order valence-electron chi connectivity index (χ4n) is 2.51. The van der Waals surface area contributed by atoms with Crippen LogP contribution < -0.4 is 11.1 Å². The van der Waals surface area contributed by atoms with Crippen LogP contribution >= 0.6 is 0 Å². The summed E-state index contributed by atoms with van der Waals surface area (Å²) in [5.74, 6) is 0.322. The van der Waals surface area contributed by atoms with Crippen molar-refractivity contribution < 1.29 is 15.3 Å². The molecule has 4 atom stereocenters. The predicted molar refractivity (Wildman–Crippen MR) is 67.1 cm³/mol. The van der Waals surface area contributed by atoms with Gasteiger partial charge in [0.2, 0.25) is 0 Å². The van der Waals surface area contributed by atoms with Crippen LogP contribution in [0, 0.1) is 0 Å². The van der Waals surface area contributed by atoms with Crippen molar-refractivity contribution in [2.75, 3.05) is 12.3 Å². The van der Waals surface area contributed by atoms with E-state index in [4.69, 9.17) is 10.8 Å². The van der Waals surface area contributed by atoms with Gasteiger partial charge >= 0.3 is 0 Å². The molecule has 0 aliphatic carbocycles. The van der Waals surface area contributed by atoms with Gasteiger partial charge in [-0.3, -0.25) is 0 Å². The molecule has 0 unspecified atom stereocenters. The Kier molecular flexibility index (Phi) is 2.86. The molecule has 3 heterocycles. The molecular weight excluding hydrogens is 250 g/mol. The SMILES string of the molecule is Nc1ncnc2c([C@@H]3N[C@H](CO)[C@H](O)[C@H]3O)c[nH]c12. The number of aromatic amines is 1. The van der Waals surface area contributed by atoms with Crippen LogP contribution in [0.25, 0.3) is 11.0 Å². The zero-order valence-electron chi connectivity index (χ0n) is 9.98. The van der Waals surface area contributed by atoms with Gasteiger partial charge in [0, 0.05) is 11.8 Å². The molecule has 2 aromatic heterocycles. The number of rotatable bonds is 2. The summed E-state index contributed by atoms with van der Waals surface area (Å²) in [7, 11) is 0. The Morgan fingerprint density at radius 3 is 2.74 bits per heavy atom. The summed E-state index contributed by atoms with van der Waals surface area (Å²) in [6.07, 6.45) is 0.964.